The van der Waals surface area contributed by atoms with Crippen LogP contribution < -0.4 is 4.90 Å². The van der Waals surface area contributed by atoms with E-state index in [1.165, 1.54) is 18.2 Å². The number of hydrogen-bond donors (Lipinski definition) is 0. The van der Waals surface area contributed by atoms with Gasteiger partial charge in [-0.05, 0) is 48.5 Å². The normalized spacial score (nSPS) is 16.4. The van der Waals surface area contributed by atoms with Gasteiger partial charge in [-0.25, -0.2) is 18.3 Å². The van der Waals surface area contributed by atoms with Gasteiger partial charge in [0.1, 0.15) is 11.6 Å². The Bertz CT molecular complexity index is 1500. The fraction of sp³-hybridized carbons (Fsp3) is 0.115. The molecule has 1 saturated heterocycles. The summed E-state index contributed by atoms with van der Waals surface area (Å²) in [6, 6.07) is 20.7. The van der Waals surface area contributed by atoms with Crippen LogP contribution in [0, 0.1) is 0 Å². The second kappa shape index (κ2) is 8.94. The Morgan fingerprint density at radius 2 is 1.69 bits per heavy atom. The molecule has 4 aromatic rings. The Morgan fingerprint density at radius 1 is 1.00 bits per heavy atom. The van der Waals surface area contributed by atoms with Gasteiger partial charge in [-0.3, -0.25) is 9.59 Å². The minimum atomic E-state index is -4.02. The van der Waals surface area contributed by atoms with Crippen LogP contribution in [0.1, 0.15) is 6.42 Å². The average Bonchev–Trinajstić information content (AvgIpc) is 3.43. The fourth-order valence-corrected chi connectivity index (χ4v) is 5.68. The van der Waals surface area contributed by atoms with E-state index in [0.29, 0.717) is 22.7 Å². The number of imide groups is 1. The molecule has 5 rings (SSSR count). The van der Waals surface area contributed by atoms with Gasteiger partial charge in [0.05, 0.1) is 17.0 Å². The van der Waals surface area contributed by atoms with Crippen LogP contribution in [-0.4, -0.2) is 42.1 Å². The van der Waals surface area contributed by atoms with Crippen molar-refractivity contribution in [2.24, 2.45) is 0 Å². The monoisotopic (exact) mass is 487 g/mol. The summed E-state index contributed by atoms with van der Waals surface area (Å²) in [7, 11) is -4.02. The molecule has 0 N–H and O–H groups in total. The van der Waals surface area contributed by atoms with Gasteiger partial charge in [0.25, 0.3) is 5.91 Å². The molecule has 0 aliphatic carbocycles. The van der Waals surface area contributed by atoms with Gasteiger partial charge in [-0.1, -0.05) is 36.4 Å². The standard InChI is InChI=1S/C26H21N3O5S/c1-2-16-28(35(32,33)20-8-4-3-5-9-20)22-17-24(30)29(26(22)31)19-14-12-18(13-15-19)25-27-21-10-6-7-11-23(21)34-25/h2-15,22H,1,16-17H2. The van der Waals surface area contributed by atoms with E-state index in [1.54, 1.807) is 42.5 Å². The number of anilines is 1. The third-order valence-corrected chi connectivity index (χ3v) is 7.68. The zero-order chi connectivity index (χ0) is 24.6. The minimum Gasteiger partial charge on any atom is -0.436 e. The van der Waals surface area contributed by atoms with E-state index in [2.05, 4.69) is 11.6 Å². The van der Waals surface area contributed by atoms with Crippen molar-refractivity contribution in [1.29, 1.82) is 0 Å². The molecule has 1 aliphatic heterocycles. The van der Waals surface area contributed by atoms with E-state index in [9.17, 15) is 18.0 Å². The highest BCUT2D eigenvalue weighted by Crippen LogP contribution is 2.31. The van der Waals surface area contributed by atoms with Crippen molar-refractivity contribution in [3.05, 3.63) is 91.5 Å². The number of para-hydroxylation sites is 2. The first-order valence-electron chi connectivity index (χ1n) is 10.9. The smallest absolute Gasteiger partial charge is 0.252 e. The molecular weight excluding hydrogens is 466 g/mol. The molecular formula is C26H21N3O5S. The summed E-state index contributed by atoms with van der Waals surface area (Å²) in [4.78, 5) is 31.7. The Morgan fingerprint density at radius 3 is 2.37 bits per heavy atom. The van der Waals surface area contributed by atoms with Crippen molar-refractivity contribution in [3.63, 3.8) is 0 Å². The van der Waals surface area contributed by atoms with Crippen LogP contribution in [0.3, 0.4) is 0 Å². The molecule has 1 aliphatic rings. The number of oxazole rings is 1. The fourth-order valence-electron chi connectivity index (χ4n) is 4.11. The summed E-state index contributed by atoms with van der Waals surface area (Å²) < 4.78 is 33.3. The van der Waals surface area contributed by atoms with E-state index in [0.717, 1.165) is 14.7 Å². The molecule has 8 nitrogen and oxygen atoms in total. The van der Waals surface area contributed by atoms with Crippen LogP contribution in [0.2, 0.25) is 0 Å². The number of carbonyl (C=O) groups excluding carboxylic acids is 2. The molecule has 0 bridgehead atoms. The Hall–Kier alpha value is -4.08. The van der Waals surface area contributed by atoms with Gasteiger partial charge >= 0.3 is 0 Å². The third kappa shape index (κ3) is 4.05. The SMILES string of the molecule is C=CCN(C1CC(=O)N(c2ccc(-c3nc4ccccc4o3)cc2)C1=O)S(=O)(=O)c1ccccc1. The number of aromatic nitrogens is 1. The Kier molecular flexibility index (Phi) is 5.80. The first kappa shape index (κ1) is 22.7. The average molecular weight is 488 g/mol. The van der Waals surface area contributed by atoms with E-state index in [-0.39, 0.29) is 17.9 Å². The predicted octanol–water partition coefficient (Wildman–Crippen LogP) is 4.00. The quantitative estimate of drug-likeness (QED) is 0.289. The van der Waals surface area contributed by atoms with Gasteiger partial charge in [0, 0.05) is 12.1 Å². The molecule has 1 aromatic heterocycles. The maximum atomic E-state index is 13.3. The lowest BCUT2D eigenvalue weighted by Crippen LogP contribution is -2.45. The number of hydrogen-bond acceptors (Lipinski definition) is 6. The minimum absolute atomic E-state index is 0.0447. The molecule has 0 saturated carbocycles. The summed E-state index contributed by atoms with van der Waals surface area (Å²) >= 11 is 0. The molecule has 35 heavy (non-hydrogen) atoms. The second-order valence-corrected chi connectivity index (χ2v) is 9.89. The zero-order valence-corrected chi connectivity index (χ0v) is 19.4. The molecule has 176 valence electrons. The zero-order valence-electron chi connectivity index (χ0n) is 18.6. The lowest BCUT2D eigenvalue weighted by Gasteiger charge is -2.25. The molecule has 0 spiro atoms. The summed E-state index contributed by atoms with van der Waals surface area (Å²) in [6.45, 7) is 3.52. The maximum Gasteiger partial charge on any atom is 0.252 e. The van der Waals surface area contributed by atoms with Gasteiger partial charge in [0.15, 0.2) is 5.58 Å². The highest BCUT2D eigenvalue weighted by Gasteiger charge is 2.46. The number of benzene rings is 3. The van der Waals surface area contributed by atoms with Gasteiger partial charge in [0.2, 0.25) is 21.8 Å². The van der Waals surface area contributed by atoms with E-state index in [1.807, 2.05) is 24.3 Å². The van der Waals surface area contributed by atoms with Gasteiger partial charge in [-0.15, -0.1) is 6.58 Å². The number of sulfonamides is 1. The summed E-state index contributed by atoms with van der Waals surface area (Å²) in [5.74, 6) is -0.668. The molecule has 3 aromatic carbocycles. The predicted molar refractivity (Wildman–Crippen MR) is 131 cm³/mol. The van der Waals surface area contributed by atoms with Crippen LogP contribution in [-0.2, 0) is 19.6 Å². The molecule has 0 radical (unpaired) electrons. The third-order valence-electron chi connectivity index (χ3n) is 5.80. The van der Waals surface area contributed by atoms with E-state index < -0.39 is 27.9 Å². The maximum absolute atomic E-state index is 13.3. The number of amides is 2. The summed E-state index contributed by atoms with van der Waals surface area (Å²) in [6.07, 6.45) is 1.14. The number of rotatable bonds is 7. The number of fused-ring (bicyclic) bond motifs is 1. The van der Waals surface area contributed by atoms with Crippen LogP contribution >= 0.6 is 0 Å². The molecule has 1 unspecified atom stereocenters. The van der Waals surface area contributed by atoms with Crippen LogP contribution in [0.4, 0.5) is 5.69 Å². The van der Waals surface area contributed by atoms with Crippen LogP contribution in [0.15, 0.2) is 101 Å². The molecule has 1 atom stereocenters. The molecule has 2 amide bonds. The molecule has 2 heterocycles. The van der Waals surface area contributed by atoms with Crippen molar-refractivity contribution < 1.29 is 22.4 Å². The summed E-state index contributed by atoms with van der Waals surface area (Å²) in [5.41, 5.74) is 2.40. The van der Waals surface area contributed by atoms with Crippen LogP contribution in [0.5, 0.6) is 0 Å². The number of nitrogens with zero attached hydrogens (tertiary/aromatic N) is 3. The van der Waals surface area contributed by atoms with Crippen molar-refractivity contribution in [1.82, 2.24) is 9.29 Å². The topological polar surface area (TPSA) is 101 Å². The number of carbonyl (C=O) groups is 2. The summed E-state index contributed by atoms with van der Waals surface area (Å²) in [5, 5.41) is 0. The van der Waals surface area contributed by atoms with Crippen molar-refractivity contribution in [2.75, 3.05) is 11.4 Å². The van der Waals surface area contributed by atoms with Gasteiger partial charge in [-0.2, -0.15) is 4.31 Å². The molecule has 9 heteroatoms. The lowest BCUT2D eigenvalue weighted by atomic mass is 10.2. The van der Waals surface area contributed by atoms with Gasteiger partial charge < -0.3 is 4.42 Å². The van der Waals surface area contributed by atoms with E-state index >= 15 is 0 Å². The largest absolute Gasteiger partial charge is 0.436 e. The Balaban J connectivity index is 1.43. The second-order valence-electron chi connectivity index (χ2n) is 8.00. The van der Waals surface area contributed by atoms with Crippen molar-refractivity contribution in [3.8, 4) is 11.5 Å². The van der Waals surface area contributed by atoms with E-state index in [4.69, 9.17) is 4.42 Å². The first-order chi connectivity index (χ1) is 16.9. The Labute approximate surface area is 202 Å². The van der Waals surface area contributed by atoms with Crippen molar-refractivity contribution >= 4 is 38.6 Å². The highest BCUT2D eigenvalue weighted by molar-refractivity contribution is 7.89. The first-order valence-corrected chi connectivity index (χ1v) is 12.3. The van der Waals surface area contributed by atoms with Crippen molar-refractivity contribution in [2.45, 2.75) is 17.4 Å². The van der Waals surface area contributed by atoms with Crippen LogP contribution in [0.25, 0.3) is 22.6 Å². The molecule has 1 fully saturated rings. The highest BCUT2D eigenvalue weighted by atomic mass is 32.2. The lowest BCUT2D eigenvalue weighted by molar-refractivity contribution is -0.122.